The molecule has 0 bridgehead atoms. The number of thiocarbonyl (C=S) groups is 1. The summed E-state index contributed by atoms with van der Waals surface area (Å²) in [5, 5.41) is 3.47. The Hall–Kier alpha value is -3.43. The fraction of sp³-hybridized carbons (Fsp3) is 0.0952. The first-order valence-electron chi connectivity index (χ1n) is 9.03. The first-order valence-corrected chi connectivity index (χ1v) is 10.3. The highest BCUT2D eigenvalue weighted by atomic mass is 32.1. The predicted molar refractivity (Wildman–Crippen MR) is 125 cm³/mol. The highest BCUT2D eigenvalue weighted by Gasteiger charge is 2.11. The zero-order valence-electron chi connectivity index (χ0n) is 16.3. The number of fused-ring (bicyclic) bond motifs is 1. The fourth-order valence-electron chi connectivity index (χ4n) is 2.86. The Bertz CT molecular complexity index is 1180. The number of anilines is 2. The van der Waals surface area contributed by atoms with Crippen LogP contribution < -0.4 is 25.6 Å². The largest absolute Gasteiger partial charge is 0.497 e. The maximum atomic E-state index is 5.40. The van der Waals surface area contributed by atoms with Crippen molar-refractivity contribution in [2.75, 3.05) is 25.0 Å². The molecule has 2 aromatic heterocycles. The molecule has 9 heteroatoms. The van der Waals surface area contributed by atoms with Crippen molar-refractivity contribution in [2.24, 2.45) is 0 Å². The van der Waals surface area contributed by atoms with Crippen LogP contribution in [0.25, 0.3) is 20.7 Å². The van der Waals surface area contributed by atoms with Gasteiger partial charge in [-0.15, -0.1) is 11.3 Å². The van der Waals surface area contributed by atoms with Gasteiger partial charge in [0.15, 0.2) is 10.9 Å². The number of hydrazine groups is 1. The molecule has 0 amide bonds. The van der Waals surface area contributed by atoms with Crippen molar-refractivity contribution in [1.82, 2.24) is 15.4 Å². The maximum absolute atomic E-state index is 5.40. The van der Waals surface area contributed by atoms with Crippen LogP contribution in [0.1, 0.15) is 0 Å². The third kappa shape index (κ3) is 4.27. The van der Waals surface area contributed by atoms with E-state index >= 15 is 0 Å². The SMILES string of the molecule is COc1ccc(NC(=S)NNc2ncnc3cc(-c4ccccc4)sc23)c(OC)c1. The number of hydrogen-bond donors (Lipinski definition) is 3. The Morgan fingerprint density at radius 2 is 1.83 bits per heavy atom. The third-order valence-corrected chi connectivity index (χ3v) is 5.71. The van der Waals surface area contributed by atoms with Crippen LogP contribution in [0, 0.1) is 0 Å². The summed E-state index contributed by atoms with van der Waals surface area (Å²) in [6, 6.07) is 17.7. The van der Waals surface area contributed by atoms with Crippen molar-refractivity contribution in [3.05, 3.63) is 60.9 Å². The maximum Gasteiger partial charge on any atom is 0.189 e. The molecule has 2 aromatic carbocycles. The summed E-state index contributed by atoms with van der Waals surface area (Å²) in [6.07, 6.45) is 1.52. The van der Waals surface area contributed by atoms with Crippen LogP contribution in [0.5, 0.6) is 11.5 Å². The molecule has 0 saturated carbocycles. The molecule has 0 saturated heterocycles. The normalized spacial score (nSPS) is 10.5. The van der Waals surface area contributed by atoms with Crippen LogP contribution in [0.2, 0.25) is 0 Å². The molecule has 30 heavy (non-hydrogen) atoms. The van der Waals surface area contributed by atoms with Gasteiger partial charge in [0.1, 0.15) is 17.8 Å². The summed E-state index contributed by atoms with van der Waals surface area (Å²) >= 11 is 7.01. The molecule has 0 atom stereocenters. The van der Waals surface area contributed by atoms with Gasteiger partial charge in [-0.3, -0.25) is 10.9 Å². The summed E-state index contributed by atoms with van der Waals surface area (Å²) in [4.78, 5) is 9.85. The second kappa shape index (κ2) is 8.93. The highest BCUT2D eigenvalue weighted by molar-refractivity contribution is 7.80. The number of methoxy groups -OCH3 is 2. The van der Waals surface area contributed by atoms with E-state index in [2.05, 4.69) is 44.3 Å². The lowest BCUT2D eigenvalue weighted by molar-refractivity contribution is 0.395. The Labute approximate surface area is 183 Å². The molecule has 152 valence electrons. The number of thiophene rings is 1. The molecular weight excluding hydrogens is 418 g/mol. The van der Waals surface area contributed by atoms with E-state index in [1.807, 2.05) is 30.3 Å². The lowest BCUT2D eigenvalue weighted by Crippen LogP contribution is -2.33. The first kappa shape index (κ1) is 19.9. The molecule has 0 aliphatic heterocycles. The second-order valence-electron chi connectivity index (χ2n) is 6.18. The minimum Gasteiger partial charge on any atom is -0.497 e. The second-order valence-corrected chi connectivity index (χ2v) is 7.64. The summed E-state index contributed by atoms with van der Waals surface area (Å²) in [5.41, 5.74) is 8.77. The van der Waals surface area contributed by atoms with E-state index < -0.39 is 0 Å². The van der Waals surface area contributed by atoms with Gasteiger partial charge < -0.3 is 14.8 Å². The van der Waals surface area contributed by atoms with Crippen molar-refractivity contribution in [3.8, 4) is 21.9 Å². The Kier molecular flexibility index (Phi) is 5.92. The van der Waals surface area contributed by atoms with E-state index in [4.69, 9.17) is 21.7 Å². The molecule has 4 aromatic rings. The predicted octanol–water partition coefficient (Wildman–Crippen LogP) is 4.69. The molecule has 0 spiro atoms. The number of hydrogen-bond acceptors (Lipinski definition) is 7. The lowest BCUT2D eigenvalue weighted by Gasteiger charge is -2.15. The topological polar surface area (TPSA) is 80.3 Å². The molecule has 0 fully saturated rings. The number of aromatic nitrogens is 2. The number of nitrogens with zero attached hydrogens (tertiary/aromatic N) is 2. The van der Waals surface area contributed by atoms with Gasteiger partial charge >= 0.3 is 0 Å². The third-order valence-electron chi connectivity index (χ3n) is 4.32. The number of rotatable bonds is 6. The van der Waals surface area contributed by atoms with Gasteiger partial charge in [-0.2, -0.15) is 0 Å². The summed E-state index contributed by atoms with van der Waals surface area (Å²) in [7, 11) is 3.20. The van der Waals surface area contributed by atoms with Crippen LogP contribution in [0.3, 0.4) is 0 Å². The van der Waals surface area contributed by atoms with Crippen LogP contribution in [-0.4, -0.2) is 29.3 Å². The van der Waals surface area contributed by atoms with Gasteiger partial charge in [0.05, 0.1) is 30.1 Å². The summed E-state index contributed by atoms with van der Waals surface area (Å²) < 4.78 is 11.5. The van der Waals surface area contributed by atoms with Crippen molar-refractivity contribution in [2.45, 2.75) is 0 Å². The zero-order chi connectivity index (χ0) is 20.9. The Balaban J connectivity index is 1.48. The molecule has 0 unspecified atom stereocenters. The zero-order valence-corrected chi connectivity index (χ0v) is 17.9. The quantitative estimate of drug-likeness (QED) is 0.296. The van der Waals surface area contributed by atoms with E-state index in [1.165, 1.54) is 6.33 Å². The smallest absolute Gasteiger partial charge is 0.189 e. The molecule has 3 N–H and O–H groups in total. The minimum atomic E-state index is 0.366. The van der Waals surface area contributed by atoms with Crippen molar-refractivity contribution < 1.29 is 9.47 Å². The van der Waals surface area contributed by atoms with Crippen LogP contribution >= 0.6 is 23.6 Å². The van der Waals surface area contributed by atoms with Crippen LogP contribution in [-0.2, 0) is 0 Å². The van der Waals surface area contributed by atoms with Gasteiger partial charge in [0.25, 0.3) is 0 Å². The van der Waals surface area contributed by atoms with E-state index in [0.29, 0.717) is 28.1 Å². The monoisotopic (exact) mass is 437 g/mol. The Morgan fingerprint density at radius 1 is 1.00 bits per heavy atom. The molecule has 0 aliphatic carbocycles. The average Bonchev–Trinajstić information content (AvgIpc) is 3.23. The van der Waals surface area contributed by atoms with Gasteiger partial charge in [-0.05, 0) is 36.0 Å². The van der Waals surface area contributed by atoms with Gasteiger partial charge in [-0.25, -0.2) is 9.97 Å². The fourth-order valence-corrected chi connectivity index (χ4v) is 4.08. The number of nitrogens with one attached hydrogen (secondary N) is 3. The molecule has 7 nitrogen and oxygen atoms in total. The van der Waals surface area contributed by atoms with E-state index in [1.54, 1.807) is 31.6 Å². The summed E-state index contributed by atoms with van der Waals surface area (Å²) in [6.45, 7) is 0. The van der Waals surface area contributed by atoms with Gasteiger partial charge in [0.2, 0.25) is 0 Å². The molecular formula is C21H19N5O2S2. The molecule has 0 radical (unpaired) electrons. The number of ether oxygens (including phenoxy) is 2. The molecule has 4 rings (SSSR count). The van der Waals surface area contributed by atoms with Gasteiger partial charge in [0, 0.05) is 10.9 Å². The van der Waals surface area contributed by atoms with Crippen molar-refractivity contribution in [1.29, 1.82) is 0 Å². The average molecular weight is 438 g/mol. The molecule has 0 aliphatic rings. The van der Waals surface area contributed by atoms with Gasteiger partial charge in [-0.1, -0.05) is 30.3 Å². The lowest BCUT2D eigenvalue weighted by atomic mass is 10.2. The summed E-state index contributed by atoms with van der Waals surface area (Å²) in [5.74, 6) is 1.97. The van der Waals surface area contributed by atoms with E-state index in [9.17, 15) is 0 Å². The van der Waals surface area contributed by atoms with Crippen molar-refractivity contribution in [3.63, 3.8) is 0 Å². The van der Waals surface area contributed by atoms with E-state index in [0.717, 1.165) is 20.7 Å². The number of benzene rings is 2. The standard InChI is InChI=1S/C21H19N5O2S2/c1-27-14-8-9-15(17(10-14)28-2)24-21(29)26-25-20-19-16(22-12-23-20)11-18(30-19)13-6-4-3-5-7-13/h3-12H,1-2H3,(H,22,23,25)(H2,24,26,29). The van der Waals surface area contributed by atoms with Crippen LogP contribution in [0.15, 0.2) is 60.9 Å². The van der Waals surface area contributed by atoms with Crippen molar-refractivity contribution >= 4 is 50.4 Å². The minimum absolute atomic E-state index is 0.366. The van der Waals surface area contributed by atoms with E-state index in [-0.39, 0.29) is 0 Å². The Morgan fingerprint density at radius 3 is 2.60 bits per heavy atom. The first-order chi connectivity index (χ1) is 14.7. The molecule has 2 heterocycles. The highest BCUT2D eigenvalue weighted by Crippen LogP contribution is 2.35. The van der Waals surface area contributed by atoms with Crippen LogP contribution in [0.4, 0.5) is 11.5 Å².